The van der Waals surface area contributed by atoms with Gasteiger partial charge in [0.25, 0.3) is 0 Å². The zero-order valence-corrected chi connectivity index (χ0v) is 14.8. The van der Waals surface area contributed by atoms with Crippen LogP contribution in [0, 0.1) is 17.8 Å². The van der Waals surface area contributed by atoms with Gasteiger partial charge in [0.2, 0.25) is 5.82 Å². The molecule has 4 atom stereocenters. The Morgan fingerprint density at radius 3 is 2.67 bits per heavy atom. The largest absolute Gasteiger partial charge is 0.394 e. The fourth-order valence-corrected chi connectivity index (χ4v) is 3.70. The van der Waals surface area contributed by atoms with Gasteiger partial charge >= 0.3 is 0 Å². The highest BCUT2D eigenvalue weighted by Gasteiger charge is 2.44. The van der Waals surface area contributed by atoms with E-state index < -0.39 is 31.1 Å². The highest BCUT2D eigenvalue weighted by atomic mass is 16.6. The minimum absolute atomic E-state index is 0.193. The normalized spacial score (nSPS) is 29.0. The molecule has 1 aliphatic carbocycles. The Morgan fingerprint density at radius 1 is 1.19 bits per heavy atom. The zero-order valence-electron chi connectivity index (χ0n) is 14.8. The summed E-state index contributed by atoms with van der Waals surface area (Å²) in [5.74, 6) is 7.07. The maximum absolute atomic E-state index is 10.3. The Bertz CT molecular complexity index is 883. The van der Waals surface area contributed by atoms with Crippen LogP contribution in [-0.4, -0.2) is 59.8 Å². The lowest BCUT2D eigenvalue weighted by Gasteiger charge is -2.16. The van der Waals surface area contributed by atoms with E-state index in [0.717, 1.165) is 12.8 Å². The first-order valence-corrected chi connectivity index (χ1v) is 9.22. The van der Waals surface area contributed by atoms with Gasteiger partial charge in [-0.1, -0.05) is 25.2 Å². The van der Waals surface area contributed by atoms with Gasteiger partial charge in [0.15, 0.2) is 17.7 Å². The van der Waals surface area contributed by atoms with Gasteiger partial charge in [-0.05, 0) is 18.8 Å². The summed E-state index contributed by atoms with van der Waals surface area (Å²) < 4.78 is 7.05. The summed E-state index contributed by atoms with van der Waals surface area (Å²) in [5.41, 5.74) is 6.74. The van der Waals surface area contributed by atoms with Gasteiger partial charge < -0.3 is 25.8 Å². The standard InChI is InChI=1S/C18H23N5O4/c19-16-13-17(22-12(21-16)7-6-10-4-2-1-3-5-10)23(9-20-13)18-15(26)14(25)11(8-24)27-18/h9-11,14-15,18,24-26H,1-5,8H2,(H2,19,21,22)/t11-,14-,15-,18?/m1/s1. The number of hydrogen-bond acceptors (Lipinski definition) is 8. The molecule has 1 saturated heterocycles. The summed E-state index contributed by atoms with van der Waals surface area (Å²) in [6, 6.07) is 0. The quantitative estimate of drug-likeness (QED) is 0.537. The number of anilines is 1. The van der Waals surface area contributed by atoms with Crippen molar-refractivity contribution < 1.29 is 20.1 Å². The van der Waals surface area contributed by atoms with Crippen molar-refractivity contribution in [2.75, 3.05) is 12.3 Å². The van der Waals surface area contributed by atoms with Gasteiger partial charge in [-0.25, -0.2) is 15.0 Å². The van der Waals surface area contributed by atoms with Crippen molar-refractivity contribution in [1.82, 2.24) is 19.5 Å². The summed E-state index contributed by atoms with van der Waals surface area (Å²) in [7, 11) is 0. The third kappa shape index (κ3) is 3.37. The van der Waals surface area contributed by atoms with Crippen molar-refractivity contribution in [2.45, 2.75) is 56.6 Å². The number of nitrogens with zero attached hydrogens (tertiary/aromatic N) is 4. The third-order valence-electron chi connectivity index (χ3n) is 5.23. The first-order chi connectivity index (χ1) is 13.1. The van der Waals surface area contributed by atoms with E-state index in [-0.39, 0.29) is 5.82 Å². The monoisotopic (exact) mass is 373 g/mol. The van der Waals surface area contributed by atoms with E-state index in [0.29, 0.717) is 22.9 Å². The van der Waals surface area contributed by atoms with Gasteiger partial charge in [-0.15, -0.1) is 0 Å². The van der Waals surface area contributed by atoms with E-state index in [2.05, 4.69) is 26.8 Å². The fourth-order valence-electron chi connectivity index (χ4n) is 3.70. The molecule has 2 aromatic rings. The Balaban J connectivity index is 1.67. The highest BCUT2D eigenvalue weighted by Crippen LogP contribution is 2.32. The molecular weight excluding hydrogens is 350 g/mol. The lowest BCUT2D eigenvalue weighted by molar-refractivity contribution is -0.0511. The molecule has 2 aliphatic rings. The molecule has 5 N–H and O–H groups in total. The molecule has 0 bridgehead atoms. The molecule has 27 heavy (non-hydrogen) atoms. The van der Waals surface area contributed by atoms with Crippen molar-refractivity contribution in [2.24, 2.45) is 5.92 Å². The van der Waals surface area contributed by atoms with E-state index >= 15 is 0 Å². The number of nitrogens with two attached hydrogens (primary N) is 1. The van der Waals surface area contributed by atoms with Crippen LogP contribution in [0.1, 0.15) is 44.2 Å². The predicted molar refractivity (Wildman–Crippen MR) is 96.2 cm³/mol. The molecule has 0 spiro atoms. The topological polar surface area (TPSA) is 140 Å². The van der Waals surface area contributed by atoms with Gasteiger partial charge in [-0.2, -0.15) is 0 Å². The number of ether oxygens (including phenoxy) is 1. The average molecular weight is 373 g/mol. The average Bonchev–Trinajstić information content (AvgIpc) is 3.23. The molecule has 2 aromatic heterocycles. The Kier molecular flexibility index (Phi) is 4.97. The molecule has 4 rings (SSSR count). The predicted octanol–water partition coefficient (Wildman–Crippen LogP) is -0.0482. The molecule has 9 heteroatoms. The summed E-state index contributed by atoms with van der Waals surface area (Å²) >= 11 is 0. The van der Waals surface area contributed by atoms with Crippen molar-refractivity contribution in [3.05, 3.63) is 12.2 Å². The second-order valence-electron chi connectivity index (χ2n) is 7.09. The third-order valence-corrected chi connectivity index (χ3v) is 5.23. The second kappa shape index (κ2) is 7.40. The van der Waals surface area contributed by atoms with Crippen LogP contribution in [0.3, 0.4) is 0 Å². The van der Waals surface area contributed by atoms with Gasteiger partial charge in [0.05, 0.1) is 12.9 Å². The zero-order chi connectivity index (χ0) is 19.0. The second-order valence-corrected chi connectivity index (χ2v) is 7.09. The summed E-state index contributed by atoms with van der Waals surface area (Å²) in [6.07, 6.45) is 3.00. The minimum Gasteiger partial charge on any atom is -0.394 e. The lowest BCUT2D eigenvalue weighted by Crippen LogP contribution is -2.33. The first kappa shape index (κ1) is 18.1. The number of hydrogen-bond donors (Lipinski definition) is 4. The molecule has 1 saturated carbocycles. The Hall–Kier alpha value is -2.25. The minimum atomic E-state index is -1.23. The number of aromatic nitrogens is 4. The Morgan fingerprint density at radius 2 is 1.96 bits per heavy atom. The smallest absolute Gasteiger partial charge is 0.208 e. The van der Waals surface area contributed by atoms with E-state index in [1.54, 1.807) is 0 Å². The van der Waals surface area contributed by atoms with Crippen molar-refractivity contribution >= 4 is 17.0 Å². The van der Waals surface area contributed by atoms with Crippen LogP contribution in [0.4, 0.5) is 5.82 Å². The van der Waals surface area contributed by atoms with E-state index in [4.69, 9.17) is 10.5 Å². The van der Waals surface area contributed by atoms with Crippen LogP contribution in [0.2, 0.25) is 0 Å². The number of rotatable bonds is 2. The van der Waals surface area contributed by atoms with Crippen molar-refractivity contribution in [3.8, 4) is 11.8 Å². The number of aliphatic hydroxyl groups is 3. The van der Waals surface area contributed by atoms with E-state index in [1.165, 1.54) is 30.2 Å². The molecular formula is C18H23N5O4. The van der Waals surface area contributed by atoms with Crippen molar-refractivity contribution in [3.63, 3.8) is 0 Å². The molecule has 2 fully saturated rings. The number of imidazole rings is 1. The molecule has 9 nitrogen and oxygen atoms in total. The molecule has 144 valence electrons. The van der Waals surface area contributed by atoms with Gasteiger partial charge in [0, 0.05) is 5.92 Å². The van der Waals surface area contributed by atoms with Gasteiger partial charge in [-0.3, -0.25) is 4.57 Å². The molecule has 0 aromatic carbocycles. The number of aliphatic hydroxyl groups excluding tert-OH is 3. The number of fused-ring (bicyclic) bond motifs is 1. The molecule has 1 unspecified atom stereocenters. The van der Waals surface area contributed by atoms with E-state index in [1.807, 2.05) is 0 Å². The van der Waals surface area contributed by atoms with E-state index in [9.17, 15) is 15.3 Å². The van der Waals surface area contributed by atoms with Crippen LogP contribution >= 0.6 is 0 Å². The summed E-state index contributed by atoms with van der Waals surface area (Å²) in [5, 5.41) is 29.5. The summed E-state index contributed by atoms with van der Waals surface area (Å²) in [6.45, 7) is -0.406. The van der Waals surface area contributed by atoms with Crippen LogP contribution in [0.15, 0.2) is 6.33 Å². The highest BCUT2D eigenvalue weighted by molar-refractivity contribution is 5.82. The van der Waals surface area contributed by atoms with Crippen molar-refractivity contribution in [1.29, 1.82) is 0 Å². The molecule has 3 heterocycles. The van der Waals surface area contributed by atoms with Crippen LogP contribution in [-0.2, 0) is 4.74 Å². The Labute approximate surface area is 156 Å². The SMILES string of the molecule is Nc1nc(C#CC2CCCCC2)nc2c1ncn2C1O[C@H](CO)[C@@H](O)[C@H]1O. The maximum Gasteiger partial charge on any atom is 0.208 e. The van der Waals surface area contributed by atoms with Gasteiger partial charge in [0.1, 0.15) is 23.8 Å². The molecule has 1 aliphatic heterocycles. The fraction of sp³-hybridized carbons (Fsp3) is 0.611. The van der Waals surface area contributed by atoms with Crippen LogP contribution in [0.25, 0.3) is 11.2 Å². The maximum atomic E-state index is 10.3. The summed E-state index contributed by atoms with van der Waals surface area (Å²) in [4.78, 5) is 12.8. The van der Waals surface area contributed by atoms with Crippen LogP contribution < -0.4 is 5.73 Å². The molecule has 0 radical (unpaired) electrons. The van der Waals surface area contributed by atoms with Crippen LogP contribution in [0.5, 0.6) is 0 Å². The first-order valence-electron chi connectivity index (χ1n) is 9.22. The molecule has 0 amide bonds. The lowest BCUT2D eigenvalue weighted by atomic mass is 9.90. The number of nitrogen functional groups attached to an aromatic ring is 1.